The first-order chi connectivity index (χ1) is 13.9. The molecular formula is C23H24N2O3S. The number of hydrogen-bond acceptors (Lipinski definition) is 5. The van der Waals surface area contributed by atoms with Crippen LogP contribution in [0.25, 0.3) is 6.08 Å². The van der Waals surface area contributed by atoms with Crippen LogP contribution < -0.4 is 9.64 Å². The molecule has 1 heterocycles. The number of amides is 1. The summed E-state index contributed by atoms with van der Waals surface area (Å²) in [6.45, 7) is 5.83. The maximum Gasteiger partial charge on any atom is 0.283 e. The summed E-state index contributed by atoms with van der Waals surface area (Å²) >= 11 is 1.30. The van der Waals surface area contributed by atoms with Crippen LogP contribution in [0.5, 0.6) is 5.75 Å². The smallest absolute Gasteiger partial charge is 0.283 e. The van der Waals surface area contributed by atoms with Crippen molar-refractivity contribution >= 4 is 40.4 Å². The summed E-state index contributed by atoms with van der Waals surface area (Å²) in [7, 11) is 1.61. The number of Topliss-reactive ketones (excluding diaryl/α,β-unsaturated/α-hetero) is 1. The number of nitrogens with zero attached hydrogens (tertiary/aromatic N) is 2. The molecule has 0 unspecified atom stereocenters. The Hall–Kier alpha value is -2.86. The number of ketones is 1. The molecule has 1 aliphatic rings. The summed E-state index contributed by atoms with van der Waals surface area (Å²) in [5, 5.41) is 0.529. The van der Waals surface area contributed by atoms with Crippen molar-refractivity contribution in [1.82, 2.24) is 0 Å². The Morgan fingerprint density at radius 2 is 1.79 bits per heavy atom. The molecule has 1 aliphatic heterocycles. The minimum absolute atomic E-state index is 0.123. The van der Waals surface area contributed by atoms with E-state index >= 15 is 0 Å². The SMILES string of the molecule is CCC(=O)CSC1=N/C(=C/c2ccc(OC)cc2)C(=O)N1c1cc(C)cc(C)c1. The van der Waals surface area contributed by atoms with Crippen LogP contribution in [0.2, 0.25) is 0 Å². The van der Waals surface area contributed by atoms with E-state index in [9.17, 15) is 9.59 Å². The summed E-state index contributed by atoms with van der Waals surface area (Å²) in [6, 6.07) is 13.4. The largest absolute Gasteiger partial charge is 0.497 e. The quantitative estimate of drug-likeness (QED) is 0.646. The van der Waals surface area contributed by atoms with Crippen LogP contribution in [-0.2, 0) is 9.59 Å². The highest BCUT2D eigenvalue weighted by atomic mass is 32.2. The van der Waals surface area contributed by atoms with Gasteiger partial charge in [0.25, 0.3) is 5.91 Å². The fourth-order valence-electron chi connectivity index (χ4n) is 3.01. The van der Waals surface area contributed by atoms with Gasteiger partial charge in [0.2, 0.25) is 0 Å². The molecule has 5 nitrogen and oxygen atoms in total. The van der Waals surface area contributed by atoms with Gasteiger partial charge in [-0.1, -0.05) is 36.9 Å². The Morgan fingerprint density at radius 3 is 2.38 bits per heavy atom. The second-order valence-electron chi connectivity index (χ2n) is 6.86. The Bertz CT molecular complexity index is 973. The molecule has 0 aliphatic carbocycles. The Morgan fingerprint density at radius 1 is 1.14 bits per heavy atom. The van der Waals surface area contributed by atoms with Crippen LogP contribution in [0.15, 0.2) is 53.2 Å². The van der Waals surface area contributed by atoms with Crippen molar-refractivity contribution in [2.45, 2.75) is 27.2 Å². The highest BCUT2D eigenvalue weighted by Gasteiger charge is 2.32. The van der Waals surface area contributed by atoms with Gasteiger partial charge in [-0.05, 0) is 60.9 Å². The van der Waals surface area contributed by atoms with Gasteiger partial charge in [-0.15, -0.1) is 0 Å². The van der Waals surface area contributed by atoms with Gasteiger partial charge in [-0.3, -0.25) is 14.5 Å². The topological polar surface area (TPSA) is 59.0 Å². The number of aryl methyl sites for hydroxylation is 2. The standard InChI is InChI=1S/C23H24N2O3S/c1-5-19(26)14-29-23-24-21(13-17-6-8-20(28-4)9-7-17)22(27)25(23)18-11-15(2)10-16(3)12-18/h6-13H,5,14H2,1-4H3/b21-13+. The molecule has 150 valence electrons. The van der Waals surface area contributed by atoms with Crippen LogP contribution in [0.3, 0.4) is 0 Å². The molecule has 0 aromatic heterocycles. The molecule has 0 radical (unpaired) electrons. The van der Waals surface area contributed by atoms with Crippen LogP contribution in [0.1, 0.15) is 30.0 Å². The number of anilines is 1. The van der Waals surface area contributed by atoms with E-state index in [0.717, 1.165) is 28.1 Å². The third-order valence-corrected chi connectivity index (χ3v) is 5.47. The minimum Gasteiger partial charge on any atom is -0.497 e. The zero-order chi connectivity index (χ0) is 21.0. The number of carbonyl (C=O) groups excluding carboxylic acids is 2. The van der Waals surface area contributed by atoms with Crippen LogP contribution >= 0.6 is 11.8 Å². The second-order valence-corrected chi connectivity index (χ2v) is 7.81. The van der Waals surface area contributed by atoms with Crippen molar-refractivity contribution < 1.29 is 14.3 Å². The normalized spacial score (nSPS) is 15.0. The predicted molar refractivity (Wildman–Crippen MR) is 120 cm³/mol. The minimum atomic E-state index is -0.197. The second kappa shape index (κ2) is 9.09. The van der Waals surface area contributed by atoms with E-state index in [2.05, 4.69) is 11.1 Å². The molecule has 0 saturated heterocycles. The summed E-state index contributed by atoms with van der Waals surface area (Å²) in [6.07, 6.45) is 2.22. The molecule has 0 spiro atoms. The van der Waals surface area contributed by atoms with Gasteiger partial charge in [0.1, 0.15) is 17.2 Å². The van der Waals surface area contributed by atoms with Gasteiger partial charge in [0, 0.05) is 6.42 Å². The molecule has 2 aromatic carbocycles. The average molecular weight is 409 g/mol. The molecule has 0 saturated carbocycles. The van der Waals surface area contributed by atoms with Crippen molar-refractivity contribution in [3.63, 3.8) is 0 Å². The van der Waals surface area contributed by atoms with Crippen molar-refractivity contribution in [1.29, 1.82) is 0 Å². The molecule has 29 heavy (non-hydrogen) atoms. The maximum atomic E-state index is 13.2. The van der Waals surface area contributed by atoms with E-state index in [1.54, 1.807) is 18.1 Å². The first kappa shape index (κ1) is 20.9. The van der Waals surface area contributed by atoms with Crippen LogP contribution in [0.4, 0.5) is 5.69 Å². The number of amidine groups is 1. The van der Waals surface area contributed by atoms with Crippen molar-refractivity contribution in [3.05, 3.63) is 64.9 Å². The lowest BCUT2D eigenvalue weighted by Gasteiger charge is -2.19. The fourth-order valence-corrected chi connectivity index (χ4v) is 3.98. The fraction of sp³-hybridized carbons (Fsp3) is 0.261. The molecule has 1 amide bonds. The van der Waals surface area contributed by atoms with Gasteiger partial charge in [-0.2, -0.15) is 0 Å². The average Bonchev–Trinajstić information content (AvgIpc) is 3.01. The number of thioether (sulfide) groups is 1. The Kier molecular flexibility index (Phi) is 6.54. The molecular weight excluding hydrogens is 384 g/mol. The van der Waals surface area contributed by atoms with Gasteiger partial charge in [-0.25, -0.2) is 4.99 Å². The number of rotatable bonds is 6. The molecule has 0 atom stereocenters. The zero-order valence-corrected chi connectivity index (χ0v) is 17.9. The molecule has 0 fully saturated rings. The number of benzene rings is 2. The first-order valence-corrected chi connectivity index (χ1v) is 10.4. The molecule has 0 N–H and O–H groups in total. The summed E-state index contributed by atoms with van der Waals surface area (Å²) in [4.78, 5) is 31.2. The maximum absolute atomic E-state index is 13.2. The number of carbonyl (C=O) groups is 2. The zero-order valence-electron chi connectivity index (χ0n) is 17.1. The Labute approximate surface area is 175 Å². The summed E-state index contributed by atoms with van der Waals surface area (Å²) in [5.74, 6) is 0.967. The number of hydrogen-bond donors (Lipinski definition) is 0. The van der Waals surface area contributed by atoms with E-state index < -0.39 is 0 Å². The lowest BCUT2D eigenvalue weighted by atomic mass is 10.1. The van der Waals surface area contributed by atoms with Gasteiger partial charge >= 0.3 is 0 Å². The first-order valence-electron chi connectivity index (χ1n) is 9.43. The number of ether oxygens (including phenoxy) is 1. The van der Waals surface area contributed by atoms with Crippen molar-refractivity contribution in [2.75, 3.05) is 17.8 Å². The van der Waals surface area contributed by atoms with Crippen molar-refractivity contribution in [3.8, 4) is 5.75 Å². The summed E-state index contributed by atoms with van der Waals surface area (Å²) < 4.78 is 5.18. The third kappa shape index (κ3) is 4.95. The van der Waals surface area contributed by atoms with E-state index in [4.69, 9.17) is 4.74 Å². The predicted octanol–water partition coefficient (Wildman–Crippen LogP) is 4.77. The monoisotopic (exact) mass is 408 g/mol. The highest BCUT2D eigenvalue weighted by Crippen LogP contribution is 2.31. The van der Waals surface area contributed by atoms with Crippen LogP contribution in [-0.4, -0.2) is 29.7 Å². The van der Waals surface area contributed by atoms with Gasteiger partial charge in [0.05, 0.1) is 18.6 Å². The van der Waals surface area contributed by atoms with E-state index in [0.29, 0.717) is 23.0 Å². The molecule has 0 bridgehead atoms. The Balaban J connectivity index is 1.97. The van der Waals surface area contributed by atoms with E-state index in [1.807, 2.05) is 57.2 Å². The summed E-state index contributed by atoms with van der Waals surface area (Å²) in [5.41, 5.74) is 4.10. The van der Waals surface area contributed by atoms with Gasteiger partial charge < -0.3 is 4.74 Å². The van der Waals surface area contributed by atoms with E-state index in [1.165, 1.54) is 11.8 Å². The number of methoxy groups -OCH3 is 1. The lowest BCUT2D eigenvalue weighted by molar-refractivity contribution is -0.116. The molecule has 3 rings (SSSR count). The van der Waals surface area contributed by atoms with Crippen LogP contribution in [0, 0.1) is 13.8 Å². The van der Waals surface area contributed by atoms with Gasteiger partial charge in [0.15, 0.2) is 5.17 Å². The van der Waals surface area contributed by atoms with E-state index in [-0.39, 0.29) is 11.7 Å². The molecule has 6 heteroatoms. The van der Waals surface area contributed by atoms with Crippen molar-refractivity contribution in [2.24, 2.45) is 4.99 Å². The molecule has 2 aromatic rings. The lowest BCUT2D eigenvalue weighted by Crippen LogP contribution is -2.31. The third-order valence-electron chi connectivity index (χ3n) is 4.47. The highest BCUT2D eigenvalue weighted by molar-refractivity contribution is 8.14. The number of aliphatic imine (C=N–C) groups is 1.